The second-order valence-electron chi connectivity index (χ2n) is 3.79. The van der Waals surface area contributed by atoms with Gasteiger partial charge in [-0.25, -0.2) is 0 Å². The highest BCUT2D eigenvalue weighted by atomic mass is 16.1. The largest absolute Gasteiger partial charge is 0.299 e. The molecule has 1 aliphatic carbocycles. The highest BCUT2D eigenvalue weighted by Gasteiger charge is 2.07. The van der Waals surface area contributed by atoms with E-state index >= 15 is 0 Å². The Balaban J connectivity index is 2.23. The molecule has 0 N–H and O–H groups in total. The Morgan fingerprint density at radius 2 is 1.87 bits per heavy atom. The van der Waals surface area contributed by atoms with Crippen molar-refractivity contribution in [1.29, 1.82) is 0 Å². The summed E-state index contributed by atoms with van der Waals surface area (Å²) in [5.74, 6) is 0.292. The highest BCUT2D eigenvalue weighted by molar-refractivity contribution is 5.82. The fourth-order valence-electron chi connectivity index (χ4n) is 1.78. The van der Waals surface area contributed by atoms with Gasteiger partial charge in [0.1, 0.15) is 5.78 Å². The topological polar surface area (TPSA) is 17.1 Å². The van der Waals surface area contributed by atoms with Crippen molar-refractivity contribution in [2.75, 3.05) is 0 Å². The van der Waals surface area contributed by atoms with Crippen molar-refractivity contribution in [3.8, 4) is 0 Å². The number of rotatable bonds is 0. The lowest BCUT2D eigenvalue weighted by Gasteiger charge is -2.08. The molecule has 0 amide bonds. The maximum absolute atomic E-state index is 11.6. The zero-order chi connectivity index (χ0) is 10.5. The lowest BCUT2D eigenvalue weighted by Crippen LogP contribution is -2.05. The maximum atomic E-state index is 11.6. The highest BCUT2D eigenvalue weighted by Crippen LogP contribution is 2.15. The van der Waals surface area contributed by atoms with E-state index in [1.165, 1.54) is 5.56 Å². The molecule has 0 bridgehead atoms. The van der Waals surface area contributed by atoms with E-state index in [1.807, 2.05) is 30.4 Å². The quantitative estimate of drug-likeness (QED) is 0.586. The molecule has 0 atom stereocenters. The number of hydrogen-bond donors (Lipinski definition) is 0. The van der Waals surface area contributed by atoms with Gasteiger partial charge in [0.15, 0.2) is 0 Å². The smallest absolute Gasteiger partial charge is 0.141 e. The van der Waals surface area contributed by atoms with Gasteiger partial charge in [-0.1, -0.05) is 36.4 Å². The van der Waals surface area contributed by atoms with E-state index in [2.05, 4.69) is 12.5 Å². The molecule has 2 radical (unpaired) electrons. The molecule has 15 heavy (non-hydrogen) atoms. The molecule has 76 valence electrons. The molecular weight excluding hydrogens is 184 g/mol. The van der Waals surface area contributed by atoms with Crippen molar-refractivity contribution in [3.63, 3.8) is 0 Å². The van der Waals surface area contributed by atoms with Gasteiger partial charge in [-0.3, -0.25) is 4.79 Å². The lowest BCUT2D eigenvalue weighted by atomic mass is 9.96. The first-order valence-electron chi connectivity index (χ1n) is 5.30. The van der Waals surface area contributed by atoms with E-state index in [0.29, 0.717) is 18.6 Å². The van der Waals surface area contributed by atoms with Crippen molar-refractivity contribution >= 4 is 5.78 Å². The summed E-state index contributed by atoms with van der Waals surface area (Å²) in [6, 6.07) is 8.14. The average molecular weight is 198 g/mol. The monoisotopic (exact) mass is 198 g/mol. The average Bonchev–Trinajstić information content (AvgIpc) is 2.25. The molecule has 1 aliphatic rings. The zero-order valence-corrected chi connectivity index (χ0v) is 8.70. The van der Waals surface area contributed by atoms with Gasteiger partial charge in [0.25, 0.3) is 0 Å². The Morgan fingerprint density at radius 1 is 1.07 bits per heavy atom. The first kappa shape index (κ1) is 10.2. The van der Waals surface area contributed by atoms with Gasteiger partial charge in [-0.15, -0.1) is 0 Å². The SMILES string of the molecule is O=C1C/C=C\C[C]Cc2ccccc2C1. The van der Waals surface area contributed by atoms with Gasteiger partial charge in [-0.2, -0.15) is 0 Å². The number of carbonyl (C=O) groups excluding carboxylic acids is 1. The molecule has 0 saturated heterocycles. The second-order valence-corrected chi connectivity index (χ2v) is 3.79. The normalized spacial score (nSPS) is 19.3. The third-order valence-corrected chi connectivity index (χ3v) is 2.60. The summed E-state index contributed by atoms with van der Waals surface area (Å²) in [6.45, 7) is 0. The molecule has 0 saturated carbocycles. The van der Waals surface area contributed by atoms with Crippen LogP contribution in [0.25, 0.3) is 0 Å². The van der Waals surface area contributed by atoms with E-state index in [-0.39, 0.29) is 0 Å². The molecule has 1 nitrogen and oxygen atoms in total. The van der Waals surface area contributed by atoms with Gasteiger partial charge in [0.05, 0.1) is 0 Å². The van der Waals surface area contributed by atoms with Crippen LogP contribution in [0, 0.1) is 6.42 Å². The minimum absolute atomic E-state index is 0.292. The van der Waals surface area contributed by atoms with Crippen LogP contribution in [-0.4, -0.2) is 5.78 Å². The summed E-state index contributed by atoms with van der Waals surface area (Å²) in [6.07, 6.45) is 10.1. The summed E-state index contributed by atoms with van der Waals surface area (Å²) >= 11 is 0. The van der Waals surface area contributed by atoms with Gasteiger partial charge in [0, 0.05) is 12.8 Å². The molecule has 1 heteroatoms. The van der Waals surface area contributed by atoms with Crippen LogP contribution in [0.2, 0.25) is 0 Å². The molecule has 0 fully saturated rings. The Morgan fingerprint density at radius 3 is 2.73 bits per heavy atom. The fraction of sp³-hybridized carbons (Fsp3) is 0.286. The Labute approximate surface area is 90.8 Å². The van der Waals surface area contributed by atoms with E-state index in [9.17, 15) is 4.79 Å². The molecule has 0 heterocycles. The fourth-order valence-corrected chi connectivity index (χ4v) is 1.78. The first-order valence-corrected chi connectivity index (χ1v) is 5.30. The molecular formula is C14H14O. The van der Waals surface area contributed by atoms with Crippen molar-refractivity contribution in [3.05, 3.63) is 54.0 Å². The number of fused-ring (bicyclic) bond motifs is 1. The van der Waals surface area contributed by atoms with Gasteiger partial charge < -0.3 is 0 Å². The van der Waals surface area contributed by atoms with Crippen molar-refractivity contribution in [1.82, 2.24) is 0 Å². The summed E-state index contributed by atoms with van der Waals surface area (Å²) in [5.41, 5.74) is 2.39. The van der Waals surface area contributed by atoms with Crippen molar-refractivity contribution < 1.29 is 4.79 Å². The van der Waals surface area contributed by atoms with Crippen LogP contribution in [0.5, 0.6) is 0 Å². The molecule has 1 aromatic rings. The summed E-state index contributed by atoms with van der Waals surface area (Å²) in [7, 11) is 0. The number of Topliss-reactive ketones (excluding diaryl/α,β-unsaturated/α-hetero) is 1. The molecule has 2 rings (SSSR count). The van der Waals surface area contributed by atoms with Crippen molar-refractivity contribution in [2.45, 2.75) is 25.7 Å². The van der Waals surface area contributed by atoms with E-state index in [1.54, 1.807) is 0 Å². The number of carbonyl (C=O) groups is 1. The standard InChI is InChI=1S/C14H14O/c15-14-10-4-2-1-3-7-12-8-5-6-9-13(12)11-14/h2,4-6,8-9H,1,7,10-11H2/b4-2-. The van der Waals surface area contributed by atoms with Gasteiger partial charge in [0.2, 0.25) is 0 Å². The second kappa shape index (κ2) is 4.92. The predicted molar refractivity (Wildman–Crippen MR) is 60.5 cm³/mol. The Kier molecular flexibility index (Phi) is 3.33. The van der Waals surface area contributed by atoms with E-state index in [4.69, 9.17) is 0 Å². The van der Waals surface area contributed by atoms with Crippen LogP contribution in [0.1, 0.15) is 24.0 Å². The predicted octanol–water partition coefficient (Wildman–Crippen LogP) is 2.77. The minimum atomic E-state index is 0.292. The van der Waals surface area contributed by atoms with Crippen LogP contribution in [0.4, 0.5) is 0 Å². The molecule has 0 unspecified atom stereocenters. The molecule has 0 aliphatic heterocycles. The summed E-state index contributed by atoms with van der Waals surface area (Å²) < 4.78 is 0. The molecule has 1 aromatic carbocycles. The van der Waals surface area contributed by atoms with Crippen LogP contribution < -0.4 is 0 Å². The molecule has 0 spiro atoms. The van der Waals surface area contributed by atoms with Crippen LogP contribution in [0.3, 0.4) is 0 Å². The first-order chi connectivity index (χ1) is 7.36. The number of benzene rings is 1. The van der Waals surface area contributed by atoms with Crippen LogP contribution >= 0.6 is 0 Å². The third-order valence-electron chi connectivity index (χ3n) is 2.60. The van der Waals surface area contributed by atoms with E-state index < -0.39 is 0 Å². The summed E-state index contributed by atoms with van der Waals surface area (Å²) in [4.78, 5) is 11.6. The Hall–Kier alpha value is -1.37. The maximum Gasteiger partial charge on any atom is 0.141 e. The van der Waals surface area contributed by atoms with Gasteiger partial charge in [-0.05, 0) is 30.4 Å². The van der Waals surface area contributed by atoms with Crippen LogP contribution in [0.15, 0.2) is 36.4 Å². The van der Waals surface area contributed by atoms with Crippen molar-refractivity contribution in [2.24, 2.45) is 0 Å². The zero-order valence-electron chi connectivity index (χ0n) is 8.70. The van der Waals surface area contributed by atoms with E-state index in [0.717, 1.165) is 18.4 Å². The number of ketones is 1. The molecule has 0 aromatic heterocycles. The third kappa shape index (κ3) is 2.79. The lowest BCUT2D eigenvalue weighted by molar-refractivity contribution is -0.117. The number of hydrogen-bond acceptors (Lipinski definition) is 1. The minimum Gasteiger partial charge on any atom is -0.299 e. The number of allylic oxidation sites excluding steroid dienone is 2. The summed E-state index contributed by atoms with van der Waals surface area (Å²) in [5, 5.41) is 0. The Bertz CT molecular complexity index is 377. The van der Waals surface area contributed by atoms with Gasteiger partial charge >= 0.3 is 0 Å². The van der Waals surface area contributed by atoms with Crippen LogP contribution in [-0.2, 0) is 17.6 Å².